The summed E-state index contributed by atoms with van der Waals surface area (Å²) in [6.45, 7) is 19.2. The van der Waals surface area contributed by atoms with Crippen LogP contribution in [-0.4, -0.2) is 73.6 Å². The van der Waals surface area contributed by atoms with Gasteiger partial charge in [-0.25, -0.2) is 0 Å². The zero-order valence-electron chi connectivity index (χ0n) is 20.7. The second kappa shape index (κ2) is 10.1. The van der Waals surface area contributed by atoms with Crippen LogP contribution in [-0.2, 0) is 4.74 Å². The first-order valence-electron chi connectivity index (χ1n) is 11.1. The second-order valence-corrected chi connectivity index (χ2v) is 16.1. The predicted molar refractivity (Wildman–Crippen MR) is 132 cm³/mol. The topological polar surface area (TPSA) is 54.3 Å². The van der Waals surface area contributed by atoms with Crippen LogP contribution in [0.1, 0.15) is 86.3 Å². The van der Waals surface area contributed by atoms with E-state index in [-0.39, 0.29) is 17.2 Å². The first kappa shape index (κ1) is 26.0. The number of carbonyl (C=O) groups is 1. The molecule has 0 aliphatic carbocycles. The Kier molecular flexibility index (Phi) is 8.47. The van der Waals surface area contributed by atoms with Gasteiger partial charge in [0.2, 0.25) is 0 Å². The molecular weight excluding hydrogens is 583 g/mol. The third kappa shape index (κ3) is 9.00. The number of nitrogens with zero attached hydrogens (tertiary/aromatic N) is 3. The van der Waals surface area contributed by atoms with Crippen LogP contribution >= 0.6 is 0 Å². The van der Waals surface area contributed by atoms with E-state index in [2.05, 4.69) is 59.7 Å². The average Bonchev–Trinajstić information content (AvgIpc) is 3.05. The summed E-state index contributed by atoms with van der Waals surface area (Å²) in [6.07, 6.45) is 5.94. The van der Waals surface area contributed by atoms with Gasteiger partial charge in [0, 0.05) is 0 Å². The summed E-state index contributed by atoms with van der Waals surface area (Å²) < 4.78 is 7.35. The predicted octanol–water partition coefficient (Wildman–Crippen LogP) is 4.81. The molecule has 1 saturated heterocycles. The minimum absolute atomic E-state index is 0.130. The molecule has 170 valence electrons. The molecule has 1 heterocycles. The standard InChI is InChI=1S/C16H23N2.C9H16NO2.Bi/c1-15(2,3)17-11-13-8-7-9-14(10-13)12-18-16(4,5)6;1-9(2,3)12-8(11)10-6-4-5-7-10;/h7-9,11-12H,1-6H3;6H,4-5,7H2,1-3H3;/q;;+1. The van der Waals surface area contributed by atoms with Gasteiger partial charge in [0.15, 0.2) is 0 Å². The SMILES string of the molecule is CC(C)(C)N=Cc1cccc(C=NC(C)(C)C)[c]1[Bi+][CH]1CCCN1C(=O)OC(C)(C)C. The van der Waals surface area contributed by atoms with Crippen molar-refractivity contribution in [3.8, 4) is 0 Å². The van der Waals surface area contributed by atoms with Crippen molar-refractivity contribution in [3.05, 3.63) is 29.3 Å². The van der Waals surface area contributed by atoms with Gasteiger partial charge in [0.1, 0.15) is 0 Å². The molecule has 2 radical (unpaired) electrons. The van der Waals surface area contributed by atoms with Crippen molar-refractivity contribution in [2.75, 3.05) is 6.54 Å². The van der Waals surface area contributed by atoms with Crippen molar-refractivity contribution in [1.29, 1.82) is 0 Å². The fraction of sp³-hybridized carbons (Fsp3) is 0.640. The number of rotatable bonds is 4. The van der Waals surface area contributed by atoms with Gasteiger partial charge in [-0.05, 0) is 0 Å². The summed E-state index contributed by atoms with van der Waals surface area (Å²) in [6, 6.07) is 6.38. The molecule has 1 atom stereocenters. The van der Waals surface area contributed by atoms with Gasteiger partial charge in [-0.2, -0.15) is 0 Å². The third-order valence-corrected chi connectivity index (χ3v) is 10.7. The summed E-state index contributed by atoms with van der Waals surface area (Å²) in [4.78, 5) is 24.3. The molecule has 1 aliphatic heterocycles. The van der Waals surface area contributed by atoms with E-state index in [1.54, 1.807) is 0 Å². The van der Waals surface area contributed by atoms with E-state index in [4.69, 9.17) is 14.7 Å². The van der Waals surface area contributed by atoms with Crippen LogP contribution in [0.25, 0.3) is 0 Å². The van der Waals surface area contributed by atoms with Crippen LogP contribution < -0.4 is 3.27 Å². The van der Waals surface area contributed by atoms with Gasteiger partial charge in [0.05, 0.1) is 0 Å². The number of likely N-dealkylation sites (tertiary alicyclic amines) is 1. The van der Waals surface area contributed by atoms with Crippen molar-refractivity contribution in [2.24, 2.45) is 9.98 Å². The summed E-state index contributed by atoms with van der Waals surface area (Å²) in [7, 11) is 0. The minimum atomic E-state index is -1.30. The molecule has 1 amide bonds. The van der Waals surface area contributed by atoms with E-state index >= 15 is 0 Å². The van der Waals surface area contributed by atoms with E-state index in [9.17, 15) is 4.79 Å². The van der Waals surface area contributed by atoms with Crippen molar-refractivity contribution < 1.29 is 9.53 Å². The monoisotopic (exact) mass is 622 g/mol. The van der Waals surface area contributed by atoms with Gasteiger partial charge in [-0.15, -0.1) is 0 Å². The van der Waals surface area contributed by atoms with Crippen molar-refractivity contribution >= 4 is 45.0 Å². The quantitative estimate of drug-likeness (QED) is 0.358. The molecule has 0 N–H and O–H groups in total. The number of ether oxygens (including phenoxy) is 1. The molecule has 6 heteroatoms. The molecule has 31 heavy (non-hydrogen) atoms. The molecule has 0 bridgehead atoms. The van der Waals surface area contributed by atoms with Crippen LogP contribution in [0.2, 0.25) is 0 Å². The third-order valence-electron chi connectivity index (χ3n) is 4.41. The van der Waals surface area contributed by atoms with Crippen LogP contribution in [0.15, 0.2) is 28.2 Å². The fourth-order valence-corrected chi connectivity index (χ4v) is 8.94. The van der Waals surface area contributed by atoms with Gasteiger partial charge < -0.3 is 0 Å². The Morgan fingerprint density at radius 3 is 1.97 bits per heavy atom. The van der Waals surface area contributed by atoms with Gasteiger partial charge >= 0.3 is 201 Å². The van der Waals surface area contributed by atoms with Crippen LogP contribution in [0.5, 0.6) is 0 Å². The Hall–Kier alpha value is -1.29. The molecule has 1 aliphatic rings. The molecule has 2 rings (SSSR count). The summed E-state index contributed by atoms with van der Waals surface area (Å²) >= 11 is -1.30. The molecule has 0 spiro atoms. The normalized spacial score (nSPS) is 18.4. The van der Waals surface area contributed by atoms with E-state index in [1.165, 1.54) is 14.4 Å². The average molecular weight is 623 g/mol. The fourth-order valence-electron chi connectivity index (χ4n) is 3.03. The zero-order valence-corrected chi connectivity index (χ0v) is 24.2. The Balaban J connectivity index is 2.40. The van der Waals surface area contributed by atoms with Crippen LogP contribution in [0.4, 0.5) is 4.79 Å². The second-order valence-electron chi connectivity index (χ2n) is 11.1. The van der Waals surface area contributed by atoms with Gasteiger partial charge in [0.25, 0.3) is 0 Å². The number of benzene rings is 1. The molecule has 1 fully saturated rings. The van der Waals surface area contributed by atoms with Crippen molar-refractivity contribution in [3.63, 3.8) is 0 Å². The maximum absolute atomic E-state index is 12.8. The Morgan fingerprint density at radius 1 is 1.00 bits per heavy atom. The molecule has 1 aromatic rings. The maximum atomic E-state index is 12.8. The molecule has 0 saturated carbocycles. The van der Waals surface area contributed by atoms with Crippen molar-refractivity contribution in [1.82, 2.24) is 4.90 Å². The van der Waals surface area contributed by atoms with E-state index in [1.807, 2.05) is 38.1 Å². The molecule has 0 aromatic heterocycles. The summed E-state index contributed by atoms with van der Waals surface area (Å²) in [5, 5.41) is 0. The Bertz CT molecular complexity index is 784. The van der Waals surface area contributed by atoms with E-state index in [0.717, 1.165) is 19.4 Å². The van der Waals surface area contributed by atoms with E-state index < -0.39 is 28.8 Å². The van der Waals surface area contributed by atoms with Gasteiger partial charge in [-0.3, -0.25) is 0 Å². The first-order chi connectivity index (χ1) is 14.1. The number of hydrogen-bond acceptors (Lipinski definition) is 4. The van der Waals surface area contributed by atoms with Crippen molar-refractivity contribution in [2.45, 2.75) is 95.6 Å². The Morgan fingerprint density at radius 2 is 1.52 bits per heavy atom. The summed E-state index contributed by atoms with van der Waals surface area (Å²) in [5.41, 5.74) is 1.60. The number of amides is 1. The number of aliphatic imine (C=N–C) groups is 2. The Labute approximate surface area is 200 Å². The van der Waals surface area contributed by atoms with Gasteiger partial charge in [-0.1, -0.05) is 0 Å². The first-order valence-corrected chi connectivity index (χ1v) is 14.8. The molecule has 5 nitrogen and oxygen atoms in total. The molecule has 1 unspecified atom stereocenters. The zero-order chi connectivity index (χ0) is 23.4. The number of carbonyl (C=O) groups excluding carboxylic acids is 1. The number of hydrogen-bond donors (Lipinski definition) is 0. The van der Waals surface area contributed by atoms with E-state index in [0.29, 0.717) is 3.75 Å². The molecule has 1 aromatic carbocycles. The van der Waals surface area contributed by atoms with Crippen LogP contribution in [0, 0.1) is 0 Å². The summed E-state index contributed by atoms with van der Waals surface area (Å²) in [5.74, 6) is 0. The van der Waals surface area contributed by atoms with Crippen LogP contribution in [0.3, 0.4) is 0 Å². The molecular formula is C25H39BiN3O2+.